The molecule has 1 heterocycles. The summed E-state index contributed by atoms with van der Waals surface area (Å²) in [4.78, 5) is 43.3. The number of nitrogens with one attached hydrogen (secondary N) is 1. The van der Waals surface area contributed by atoms with Gasteiger partial charge in [-0.05, 0) is 61.1 Å². The summed E-state index contributed by atoms with van der Waals surface area (Å²) in [6.07, 6.45) is 3.81. The van der Waals surface area contributed by atoms with Crippen molar-refractivity contribution in [3.8, 4) is 0 Å². The summed E-state index contributed by atoms with van der Waals surface area (Å²) in [5.74, 6) is -1.69. The molecule has 1 fully saturated rings. The maximum atomic E-state index is 14.3. The zero-order chi connectivity index (χ0) is 28.1. The number of hydrogen-bond acceptors (Lipinski definition) is 4. The summed E-state index contributed by atoms with van der Waals surface area (Å²) in [5.41, 5.74) is 3.15. The second-order valence-electron chi connectivity index (χ2n) is 10.5. The van der Waals surface area contributed by atoms with Crippen molar-refractivity contribution in [2.24, 2.45) is 5.92 Å². The largest absolute Gasteiger partial charge is 0.466 e. The SMILES string of the molecule is CCOC(=O)C1CCCCC1N1C(=O)c2ccccc2C(C(=O)NCCc2ccccc2)C1c1ccc(Cl)cc1. The van der Waals surface area contributed by atoms with Crippen LogP contribution in [0.1, 0.15) is 71.6 Å². The van der Waals surface area contributed by atoms with E-state index >= 15 is 0 Å². The maximum absolute atomic E-state index is 14.3. The van der Waals surface area contributed by atoms with E-state index in [1.54, 1.807) is 25.1 Å². The minimum atomic E-state index is -0.657. The van der Waals surface area contributed by atoms with Crippen LogP contribution < -0.4 is 5.32 Å². The van der Waals surface area contributed by atoms with Crippen LogP contribution in [0.4, 0.5) is 0 Å². The number of fused-ring (bicyclic) bond motifs is 1. The Balaban J connectivity index is 1.56. The first-order valence-corrected chi connectivity index (χ1v) is 14.5. The van der Waals surface area contributed by atoms with E-state index in [1.807, 2.05) is 65.6 Å². The third-order valence-corrected chi connectivity index (χ3v) is 8.35. The van der Waals surface area contributed by atoms with Gasteiger partial charge in [0.25, 0.3) is 5.91 Å². The Bertz CT molecular complexity index is 1340. The Hall–Kier alpha value is -3.64. The minimum Gasteiger partial charge on any atom is -0.466 e. The predicted molar refractivity (Wildman–Crippen MR) is 155 cm³/mol. The van der Waals surface area contributed by atoms with Crippen LogP contribution in [-0.2, 0) is 20.7 Å². The minimum absolute atomic E-state index is 0.149. The van der Waals surface area contributed by atoms with Crippen LogP contribution in [0.25, 0.3) is 0 Å². The number of carbonyl (C=O) groups excluding carboxylic acids is 3. The molecule has 3 aromatic rings. The van der Waals surface area contributed by atoms with Crippen molar-refractivity contribution in [1.29, 1.82) is 0 Å². The molecule has 6 nitrogen and oxygen atoms in total. The molecule has 0 saturated heterocycles. The van der Waals surface area contributed by atoms with Gasteiger partial charge in [0, 0.05) is 23.2 Å². The first-order valence-electron chi connectivity index (χ1n) is 14.1. The number of carbonyl (C=O) groups is 3. The Kier molecular flexibility index (Phi) is 8.85. The predicted octanol–water partition coefficient (Wildman–Crippen LogP) is 6.10. The van der Waals surface area contributed by atoms with Crippen LogP contribution in [0, 0.1) is 5.92 Å². The fourth-order valence-corrected chi connectivity index (χ4v) is 6.39. The molecule has 0 spiro atoms. The number of hydrogen-bond donors (Lipinski definition) is 1. The highest BCUT2D eigenvalue weighted by molar-refractivity contribution is 6.30. The molecule has 2 aliphatic rings. The normalized spacial score (nSPS) is 22.4. The van der Waals surface area contributed by atoms with E-state index in [4.69, 9.17) is 16.3 Å². The molecule has 7 heteroatoms. The van der Waals surface area contributed by atoms with Gasteiger partial charge in [-0.25, -0.2) is 0 Å². The van der Waals surface area contributed by atoms with Gasteiger partial charge in [-0.1, -0.05) is 85.1 Å². The van der Waals surface area contributed by atoms with Crippen molar-refractivity contribution in [3.05, 3.63) is 106 Å². The zero-order valence-electron chi connectivity index (χ0n) is 22.7. The van der Waals surface area contributed by atoms with Crippen molar-refractivity contribution in [2.75, 3.05) is 13.2 Å². The number of halogens is 1. The number of benzene rings is 3. The molecular weight excluding hydrogens is 524 g/mol. The highest BCUT2D eigenvalue weighted by atomic mass is 35.5. The van der Waals surface area contributed by atoms with Crippen molar-refractivity contribution in [1.82, 2.24) is 10.2 Å². The van der Waals surface area contributed by atoms with Crippen molar-refractivity contribution < 1.29 is 19.1 Å². The van der Waals surface area contributed by atoms with Crippen LogP contribution in [0.2, 0.25) is 5.02 Å². The van der Waals surface area contributed by atoms with Gasteiger partial charge >= 0.3 is 5.97 Å². The second kappa shape index (κ2) is 12.7. The summed E-state index contributed by atoms with van der Waals surface area (Å²) in [6, 6.07) is 23.7. The highest BCUT2D eigenvalue weighted by Gasteiger charge is 2.49. The molecule has 0 aromatic heterocycles. The lowest BCUT2D eigenvalue weighted by Crippen LogP contribution is -2.55. The van der Waals surface area contributed by atoms with Gasteiger partial charge in [-0.3, -0.25) is 14.4 Å². The number of amides is 2. The topological polar surface area (TPSA) is 75.7 Å². The van der Waals surface area contributed by atoms with Crippen molar-refractivity contribution in [3.63, 3.8) is 0 Å². The van der Waals surface area contributed by atoms with Gasteiger partial charge in [0.1, 0.15) is 0 Å². The fraction of sp³-hybridized carbons (Fsp3) is 0.364. The molecule has 4 unspecified atom stereocenters. The van der Waals surface area contributed by atoms with Gasteiger partial charge in [-0.2, -0.15) is 0 Å². The van der Waals surface area contributed by atoms with E-state index < -0.39 is 17.9 Å². The van der Waals surface area contributed by atoms with Crippen molar-refractivity contribution in [2.45, 2.75) is 57.0 Å². The average Bonchev–Trinajstić information content (AvgIpc) is 2.98. The van der Waals surface area contributed by atoms with Crippen LogP contribution >= 0.6 is 11.6 Å². The van der Waals surface area contributed by atoms with E-state index in [2.05, 4.69) is 5.32 Å². The maximum Gasteiger partial charge on any atom is 0.311 e. The Morgan fingerprint density at radius 2 is 1.65 bits per heavy atom. The molecule has 0 bridgehead atoms. The van der Waals surface area contributed by atoms with E-state index in [0.717, 1.165) is 24.0 Å². The van der Waals surface area contributed by atoms with Crippen LogP contribution in [0.3, 0.4) is 0 Å². The monoisotopic (exact) mass is 558 g/mol. The molecule has 5 rings (SSSR count). The smallest absolute Gasteiger partial charge is 0.311 e. The lowest BCUT2D eigenvalue weighted by Gasteiger charge is -2.48. The third-order valence-electron chi connectivity index (χ3n) is 8.10. The third kappa shape index (κ3) is 5.78. The fourth-order valence-electron chi connectivity index (χ4n) is 6.27. The number of esters is 1. The first-order chi connectivity index (χ1) is 19.5. The molecule has 40 heavy (non-hydrogen) atoms. The first kappa shape index (κ1) is 27.9. The molecule has 0 radical (unpaired) electrons. The molecule has 3 aromatic carbocycles. The quantitative estimate of drug-likeness (QED) is 0.339. The molecule has 1 aliphatic heterocycles. The van der Waals surface area contributed by atoms with E-state index in [9.17, 15) is 14.4 Å². The molecule has 1 aliphatic carbocycles. The number of rotatable bonds is 8. The zero-order valence-corrected chi connectivity index (χ0v) is 23.5. The van der Waals surface area contributed by atoms with Crippen LogP contribution in [0.15, 0.2) is 78.9 Å². The van der Waals surface area contributed by atoms with E-state index in [-0.39, 0.29) is 30.4 Å². The number of nitrogens with zero attached hydrogens (tertiary/aromatic N) is 1. The summed E-state index contributed by atoms with van der Waals surface area (Å²) in [7, 11) is 0. The summed E-state index contributed by atoms with van der Waals surface area (Å²) in [6.45, 7) is 2.55. The van der Waals surface area contributed by atoms with Crippen LogP contribution in [0.5, 0.6) is 0 Å². The Labute approximate surface area is 240 Å². The molecular formula is C33H35ClN2O4. The van der Waals surface area contributed by atoms with Crippen molar-refractivity contribution >= 4 is 29.4 Å². The van der Waals surface area contributed by atoms with Gasteiger partial charge in [0.2, 0.25) is 5.91 Å². The summed E-state index contributed by atoms with van der Waals surface area (Å²) >= 11 is 6.25. The van der Waals surface area contributed by atoms with E-state index in [0.29, 0.717) is 42.0 Å². The summed E-state index contributed by atoms with van der Waals surface area (Å²) < 4.78 is 5.46. The highest BCUT2D eigenvalue weighted by Crippen LogP contribution is 2.47. The molecule has 4 atom stereocenters. The Morgan fingerprint density at radius 3 is 2.40 bits per heavy atom. The molecule has 2 amide bonds. The molecule has 208 valence electrons. The second-order valence-corrected chi connectivity index (χ2v) is 10.9. The average molecular weight is 559 g/mol. The van der Waals surface area contributed by atoms with Gasteiger partial charge in [0.15, 0.2) is 0 Å². The lowest BCUT2D eigenvalue weighted by molar-refractivity contribution is -0.152. The van der Waals surface area contributed by atoms with Gasteiger partial charge in [0.05, 0.1) is 24.5 Å². The molecule has 1 saturated carbocycles. The van der Waals surface area contributed by atoms with Crippen LogP contribution in [-0.4, -0.2) is 41.9 Å². The van der Waals surface area contributed by atoms with E-state index in [1.165, 1.54) is 0 Å². The van der Waals surface area contributed by atoms with Gasteiger partial charge < -0.3 is 15.0 Å². The Morgan fingerprint density at radius 1 is 0.950 bits per heavy atom. The standard InChI is InChI=1S/C33H35ClN2O4/c1-2-40-33(39)27-14-8-9-15-28(27)36-30(23-16-18-24(34)19-17-23)29(25-12-6-7-13-26(25)32(36)38)31(37)35-21-20-22-10-4-3-5-11-22/h3-7,10-13,16-19,27-30H,2,8-9,14-15,20-21H2,1H3,(H,35,37). The summed E-state index contributed by atoms with van der Waals surface area (Å²) in [5, 5.41) is 3.72. The lowest BCUT2D eigenvalue weighted by atomic mass is 9.75. The van der Waals surface area contributed by atoms with Gasteiger partial charge in [-0.15, -0.1) is 0 Å². The molecule has 1 N–H and O–H groups in total. The number of ether oxygens (including phenoxy) is 1.